The maximum atomic E-state index is 3.80. The third-order valence-electron chi connectivity index (χ3n) is 4.13. The standard InChI is InChI=1S/C14H30N2/c1-11-6-7-14(10-12(11)2)15-13(3)8-9-16(4)5/h11-15H,6-10H2,1-5H3. The Morgan fingerprint density at radius 2 is 1.88 bits per heavy atom. The summed E-state index contributed by atoms with van der Waals surface area (Å²) in [6.07, 6.45) is 5.40. The van der Waals surface area contributed by atoms with Crippen LogP contribution in [0.4, 0.5) is 0 Å². The summed E-state index contributed by atoms with van der Waals surface area (Å²) >= 11 is 0. The predicted molar refractivity (Wildman–Crippen MR) is 71.7 cm³/mol. The topological polar surface area (TPSA) is 15.3 Å². The third kappa shape index (κ3) is 4.84. The molecule has 2 nitrogen and oxygen atoms in total. The van der Waals surface area contributed by atoms with Crippen LogP contribution in [-0.4, -0.2) is 37.6 Å². The summed E-state index contributed by atoms with van der Waals surface area (Å²) < 4.78 is 0. The number of hydrogen-bond acceptors (Lipinski definition) is 2. The number of nitrogens with one attached hydrogen (secondary N) is 1. The largest absolute Gasteiger partial charge is 0.311 e. The molecule has 1 saturated carbocycles. The van der Waals surface area contributed by atoms with Gasteiger partial charge < -0.3 is 10.2 Å². The van der Waals surface area contributed by atoms with Crippen molar-refractivity contribution >= 4 is 0 Å². The third-order valence-corrected chi connectivity index (χ3v) is 4.13. The van der Waals surface area contributed by atoms with E-state index in [2.05, 4.69) is 45.1 Å². The monoisotopic (exact) mass is 226 g/mol. The minimum Gasteiger partial charge on any atom is -0.311 e. The molecule has 0 radical (unpaired) electrons. The molecule has 4 atom stereocenters. The van der Waals surface area contributed by atoms with Gasteiger partial charge in [-0.05, 0) is 65.1 Å². The predicted octanol–water partition coefficient (Wildman–Crippen LogP) is 2.74. The van der Waals surface area contributed by atoms with Gasteiger partial charge in [-0.2, -0.15) is 0 Å². The quantitative estimate of drug-likeness (QED) is 0.775. The Kier molecular flexibility index (Phi) is 5.77. The fraction of sp³-hybridized carbons (Fsp3) is 1.00. The van der Waals surface area contributed by atoms with Crippen LogP contribution >= 0.6 is 0 Å². The van der Waals surface area contributed by atoms with Crippen LogP contribution in [0.15, 0.2) is 0 Å². The minimum absolute atomic E-state index is 0.660. The van der Waals surface area contributed by atoms with E-state index in [1.165, 1.54) is 32.2 Å². The number of nitrogens with zero attached hydrogens (tertiary/aromatic N) is 1. The lowest BCUT2D eigenvalue weighted by atomic mass is 9.79. The van der Waals surface area contributed by atoms with Crippen LogP contribution in [0.5, 0.6) is 0 Å². The van der Waals surface area contributed by atoms with Gasteiger partial charge in [-0.1, -0.05) is 13.8 Å². The Balaban J connectivity index is 2.21. The summed E-state index contributed by atoms with van der Waals surface area (Å²) in [5, 5.41) is 3.80. The second-order valence-electron chi connectivity index (χ2n) is 6.12. The van der Waals surface area contributed by atoms with Crippen molar-refractivity contribution in [3.63, 3.8) is 0 Å². The first-order valence-corrected chi connectivity index (χ1v) is 6.89. The van der Waals surface area contributed by atoms with Crippen molar-refractivity contribution in [1.82, 2.24) is 10.2 Å². The van der Waals surface area contributed by atoms with Gasteiger partial charge in [0.2, 0.25) is 0 Å². The van der Waals surface area contributed by atoms with Crippen molar-refractivity contribution in [3.8, 4) is 0 Å². The van der Waals surface area contributed by atoms with Gasteiger partial charge in [0.15, 0.2) is 0 Å². The normalized spacial score (nSPS) is 33.0. The zero-order chi connectivity index (χ0) is 12.1. The Bertz CT molecular complexity index is 191. The van der Waals surface area contributed by atoms with Crippen LogP contribution in [0.1, 0.15) is 46.5 Å². The van der Waals surface area contributed by atoms with Crippen molar-refractivity contribution in [2.24, 2.45) is 11.8 Å². The highest BCUT2D eigenvalue weighted by molar-refractivity contribution is 4.81. The van der Waals surface area contributed by atoms with Crippen molar-refractivity contribution in [3.05, 3.63) is 0 Å². The van der Waals surface area contributed by atoms with Gasteiger partial charge in [-0.15, -0.1) is 0 Å². The number of rotatable bonds is 5. The molecule has 2 heteroatoms. The van der Waals surface area contributed by atoms with Crippen LogP contribution in [0, 0.1) is 11.8 Å². The number of hydrogen-bond donors (Lipinski definition) is 1. The zero-order valence-electron chi connectivity index (χ0n) is 11.8. The van der Waals surface area contributed by atoms with Crippen LogP contribution < -0.4 is 5.32 Å². The minimum atomic E-state index is 0.660. The summed E-state index contributed by atoms with van der Waals surface area (Å²) in [4.78, 5) is 2.27. The maximum Gasteiger partial charge on any atom is 0.00722 e. The second kappa shape index (κ2) is 6.61. The molecule has 16 heavy (non-hydrogen) atoms. The maximum absolute atomic E-state index is 3.80. The summed E-state index contributed by atoms with van der Waals surface area (Å²) in [5.74, 6) is 1.82. The molecule has 1 rings (SSSR count). The molecule has 0 amide bonds. The molecule has 0 heterocycles. The van der Waals surface area contributed by atoms with Gasteiger partial charge in [0.05, 0.1) is 0 Å². The van der Waals surface area contributed by atoms with E-state index in [4.69, 9.17) is 0 Å². The first kappa shape index (κ1) is 14.0. The van der Waals surface area contributed by atoms with E-state index in [1.54, 1.807) is 0 Å². The van der Waals surface area contributed by atoms with Crippen LogP contribution in [-0.2, 0) is 0 Å². The zero-order valence-corrected chi connectivity index (χ0v) is 11.8. The lowest BCUT2D eigenvalue weighted by Gasteiger charge is -2.34. The molecule has 0 aromatic rings. The Hall–Kier alpha value is -0.0800. The van der Waals surface area contributed by atoms with Crippen molar-refractivity contribution in [2.75, 3.05) is 20.6 Å². The lowest BCUT2D eigenvalue weighted by Crippen LogP contribution is -2.42. The van der Waals surface area contributed by atoms with Gasteiger partial charge in [0.1, 0.15) is 0 Å². The van der Waals surface area contributed by atoms with E-state index < -0.39 is 0 Å². The van der Waals surface area contributed by atoms with Crippen molar-refractivity contribution < 1.29 is 0 Å². The molecule has 0 bridgehead atoms. The van der Waals surface area contributed by atoms with E-state index in [-0.39, 0.29) is 0 Å². The smallest absolute Gasteiger partial charge is 0.00722 e. The Morgan fingerprint density at radius 1 is 1.19 bits per heavy atom. The highest BCUT2D eigenvalue weighted by Gasteiger charge is 2.24. The molecule has 0 aromatic heterocycles. The highest BCUT2D eigenvalue weighted by Crippen LogP contribution is 2.29. The van der Waals surface area contributed by atoms with Gasteiger partial charge in [-0.3, -0.25) is 0 Å². The molecule has 1 N–H and O–H groups in total. The van der Waals surface area contributed by atoms with E-state index in [9.17, 15) is 0 Å². The molecular formula is C14H30N2. The highest BCUT2D eigenvalue weighted by atomic mass is 15.1. The summed E-state index contributed by atoms with van der Waals surface area (Å²) in [5.41, 5.74) is 0. The molecule has 4 unspecified atom stereocenters. The molecule has 0 spiro atoms. The molecule has 1 fully saturated rings. The van der Waals surface area contributed by atoms with E-state index >= 15 is 0 Å². The summed E-state index contributed by atoms with van der Waals surface area (Å²) in [7, 11) is 4.30. The first-order chi connectivity index (χ1) is 7.49. The molecular weight excluding hydrogens is 196 g/mol. The molecule has 1 aliphatic rings. The molecule has 0 aliphatic heterocycles. The fourth-order valence-corrected chi connectivity index (χ4v) is 2.64. The average Bonchev–Trinajstić information content (AvgIpc) is 2.21. The van der Waals surface area contributed by atoms with E-state index in [0.29, 0.717) is 6.04 Å². The molecule has 96 valence electrons. The van der Waals surface area contributed by atoms with Crippen LogP contribution in [0.2, 0.25) is 0 Å². The van der Waals surface area contributed by atoms with Crippen molar-refractivity contribution in [1.29, 1.82) is 0 Å². The first-order valence-electron chi connectivity index (χ1n) is 6.89. The molecule has 0 saturated heterocycles. The Labute approximate surface area is 102 Å². The molecule has 1 aliphatic carbocycles. The van der Waals surface area contributed by atoms with Crippen molar-refractivity contribution in [2.45, 2.75) is 58.5 Å². The van der Waals surface area contributed by atoms with E-state index in [1.807, 2.05) is 0 Å². The van der Waals surface area contributed by atoms with Gasteiger partial charge in [-0.25, -0.2) is 0 Å². The second-order valence-corrected chi connectivity index (χ2v) is 6.12. The van der Waals surface area contributed by atoms with Crippen LogP contribution in [0.3, 0.4) is 0 Å². The Morgan fingerprint density at radius 3 is 2.44 bits per heavy atom. The van der Waals surface area contributed by atoms with Gasteiger partial charge in [0, 0.05) is 12.1 Å². The SMILES string of the molecule is CC(CCN(C)C)NC1CCC(C)C(C)C1. The fourth-order valence-electron chi connectivity index (χ4n) is 2.64. The van der Waals surface area contributed by atoms with Gasteiger partial charge >= 0.3 is 0 Å². The van der Waals surface area contributed by atoms with Crippen LogP contribution in [0.25, 0.3) is 0 Å². The summed E-state index contributed by atoms with van der Waals surface area (Å²) in [6, 6.07) is 1.43. The average molecular weight is 226 g/mol. The van der Waals surface area contributed by atoms with E-state index in [0.717, 1.165) is 17.9 Å². The summed E-state index contributed by atoms with van der Waals surface area (Å²) in [6.45, 7) is 8.32. The molecule has 0 aromatic carbocycles. The van der Waals surface area contributed by atoms with Gasteiger partial charge in [0.25, 0.3) is 0 Å². The lowest BCUT2D eigenvalue weighted by molar-refractivity contribution is 0.212.